The standard InChI is InChI=1S/C14H26N2O4/c1-11(2)10-16(7-8-20-3)13(19)15-14(5-4-6-14)9-12(17)18/h11H,4-10H2,1-3H3,(H,15,19)(H,17,18). The number of aliphatic carboxylic acids is 1. The number of ether oxygens (including phenoxy) is 1. The fraction of sp³-hybridized carbons (Fsp3) is 0.857. The van der Waals surface area contributed by atoms with E-state index < -0.39 is 11.5 Å². The number of nitrogens with one attached hydrogen (secondary N) is 1. The largest absolute Gasteiger partial charge is 0.481 e. The molecular formula is C14H26N2O4. The highest BCUT2D eigenvalue weighted by atomic mass is 16.5. The first kappa shape index (κ1) is 16.8. The number of carbonyl (C=O) groups is 2. The van der Waals surface area contributed by atoms with Crippen LogP contribution in [0.15, 0.2) is 0 Å². The maximum atomic E-state index is 12.3. The van der Waals surface area contributed by atoms with Crippen molar-refractivity contribution in [2.45, 2.75) is 45.1 Å². The lowest BCUT2D eigenvalue weighted by Gasteiger charge is -2.42. The first-order valence-corrected chi connectivity index (χ1v) is 7.16. The van der Waals surface area contributed by atoms with Gasteiger partial charge in [-0.1, -0.05) is 13.8 Å². The molecule has 6 nitrogen and oxygen atoms in total. The number of hydrogen-bond donors (Lipinski definition) is 2. The number of amides is 2. The van der Waals surface area contributed by atoms with Gasteiger partial charge in [0.25, 0.3) is 0 Å². The summed E-state index contributed by atoms with van der Waals surface area (Å²) in [7, 11) is 1.60. The molecule has 6 heteroatoms. The number of carboxylic acid groups (broad SMARTS) is 1. The molecule has 1 aliphatic rings. The van der Waals surface area contributed by atoms with E-state index in [2.05, 4.69) is 5.32 Å². The molecule has 0 spiro atoms. The van der Waals surface area contributed by atoms with E-state index in [9.17, 15) is 9.59 Å². The number of methoxy groups -OCH3 is 1. The smallest absolute Gasteiger partial charge is 0.317 e. The number of carbonyl (C=O) groups excluding carboxylic acids is 1. The molecule has 1 saturated carbocycles. The van der Waals surface area contributed by atoms with Gasteiger partial charge in [0.15, 0.2) is 0 Å². The molecule has 0 heterocycles. The lowest BCUT2D eigenvalue weighted by Crippen LogP contribution is -2.58. The van der Waals surface area contributed by atoms with E-state index in [1.165, 1.54) is 0 Å². The van der Waals surface area contributed by atoms with E-state index in [4.69, 9.17) is 9.84 Å². The zero-order valence-corrected chi connectivity index (χ0v) is 12.6. The van der Waals surface area contributed by atoms with Crippen molar-refractivity contribution in [3.63, 3.8) is 0 Å². The molecule has 116 valence electrons. The highest BCUT2D eigenvalue weighted by Crippen LogP contribution is 2.35. The predicted molar refractivity (Wildman–Crippen MR) is 75.7 cm³/mol. The predicted octanol–water partition coefficient (Wildman–Crippen LogP) is 1.70. The molecule has 0 radical (unpaired) electrons. The summed E-state index contributed by atoms with van der Waals surface area (Å²) in [5.41, 5.74) is -0.550. The maximum Gasteiger partial charge on any atom is 0.317 e. The van der Waals surface area contributed by atoms with Crippen LogP contribution in [-0.4, -0.2) is 54.4 Å². The first-order valence-electron chi connectivity index (χ1n) is 7.16. The monoisotopic (exact) mass is 286 g/mol. The van der Waals surface area contributed by atoms with E-state index in [-0.39, 0.29) is 12.5 Å². The van der Waals surface area contributed by atoms with Crippen molar-refractivity contribution in [1.29, 1.82) is 0 Å². The number of rotatable bonds is 8. The Labute approximate surface area is 120 Å². The van der Waals surface area contributed by atoms with E-state index in [0.29, 0.717) is 25.6 Å². The number of carboxylic acids is 1. The number of hydrogen-bond acceptors (Lipinski definition) is 3. The topological polar surface area (TPSA) is 78.9 Å². The van der Waals surface area contributed by atoms with Crippen LogP contribution in [-0.2, 0) is 9.53 Å². The highest BCUT2D eigenvalue weighted by Gasteiger charge is 2.41. The van der Waals surface area contributed by atoms with Gasteiger partial charge in [-0.25, -0.2) is 4.79 Å². The molecule has 0 aromatic carbocycles. The normalized spacial score (nSPS) is 16.6. The van der Waals surface area contributed by atoms with Gasteiger partial charge in [-0.15, -0.1) is 0 Å². The lowest BCUT2D eigenvalue weighted by atomic mass is 9.74. The third kappa shape index (κ3) is 5.00. The van der Waals surface area contributed by atoms with Crippen LogP contribution < -0.4 is 5.32 Å². The quantitative estimate of drug-likeness (QED) is 0.712. The van der Waals surface area contributed by atoms with Gasteiger partial charge >= 0.3 is 12.0 Å². The van der Waals surface area contributed by atoms with E-state index in [1.807, 2.05) is 13.8 Å². The second-order valence-electron chi connectivity index (χ2n) is 5.97. The summed E-state index contributed by atoms with van der Waals surface area (Å²) >= 11 is 0. The Balaban J connectivity index is 2.61. The summed E-state index contributed by atoms with van der Waals surface area (Å²) < 4.78 is 5.02. The molecule has 2 N–H and O–H groups in total. The lowest BCUT2D eigenvalue weighted by molar-refractivity contribution is -0.139. The highest BCUT2D eigenvalue weighted by molar-refractivity contribution is 5.77. The minimum atomic E-state index is -0.864. The van der Waals surface area contributed by atoms with Crippen molar-refractivity contribution in [2.24, 2.45) is 5.92 Å². The van der Waals surface area contributed by atoms with E-state index in [1.54, 1.807) is 12.0 Å². The SMILES string of the molecule is COCCN(CC(C)C)C(=O)NC1(CC(=O)O)CCC1. The molecular weight excluding hydrogens is 260 g/mol. The fourth-order valence-corrected chi connectivity index (χ4v) is 2.46. The van der Waals surface area contributed by atoms with Crippen LogP contribution in [0.3, 0.4) is 0 Å². The van der Waals surface area contributed by atoms with Crippen LogP contribution in [0.4, 0.5) is 4.79 Å². The molecule has 20 heavy (non-hydrogen) atoms. The van der Waals surface area contributed by atoms with Crippen LogP contribution in [0, 0.1) is 5.92 Å². The van der Waals surface area contributed by atoms with E-state index in [0.717, 1.165) is 19.3 Å². The van der Waals surface area contributed by atoms with E-state index >= 15 is 0 Å². The minimum absolute atomic E-state index is 0.00145. The minimum Gasteiger partial charge on any atom is -0.481 e. The van der Waals surface area contributed by atoms with Gasteiger partial charge < -0.3 is 20.1 Å². The van der Waals surface area contributed by atoms with Crippen molar-refractivity contribution in [2.75, 3.05) is 26.8 Å². The average Bonchev–Trinajstić information content (AvgIpc) is 2.30. The van der Waals surface area contributed by atoms with Crippen LogP contribution in [0.1, 0.15) is 39.5 Å². The second-order valence-corrected chi connectivity index (χ2v) is 5.97. The molecule has 2 amide bonds. The fourth-order valence-electron chi connectivity index (χ4n) is 2.46. The van der Waals surface area contributed by atoms with Crippen molar-refractivity contribution in [3.8, 4) is 0 Å². The number of nitrogens with zero attached hydrogens (tertiary/aromatic N) is 1. The van der Waals surface area contributed by atoms with Gasteiger partial charge in [0.05, 0.1) is 18.6 Å². The Morgan fingerprint density at radius 1 is 1.40 bits per heavy atom. The summed E-state index contributed by atoms with van der Waals surface area (Å²) in [6.07, 6.45) is 2.45. The Bertz CT molecular complexity index is 340. The number of urea groups is 1. The Morgan fingerprint density at radius 2 is 2.05 bits per heavy atom. The Hall–Kier alpha value is -1.30. The molecule has 0 aliphatic heterocycles. The zero-order valence-electron chi connectivity index (χ0n) is 12.6. The van der Waals surface area contributed by atoms with Gasteiger partial charge in [-0.3, -0.25) is 4.79 Å². The third-order valence-corrected chi connectivity index (χ3v) is 3.61. The van der Waals surface area contributed by atoms with Gasteiger partial charge in [0, 0.05) is 20.2 Å². The van der Waals surface area contributed by atoms with Crippen molar-refractivity contribution in [1.82, 2.24) is 10.2 Å². The first-order chi connectivity index (χ1) is 9.38. The van der Waals surface area contributed by atoms with Gasteiger partial charge in [-0.05, 0) is 25.2 Å². The van der Waals surface area contributed by atoms with Crippen molar-refractivity contribution in [3.05, 3.63) is 0 Å². The molecule has 0 bridgehead atoms. The second kappa shape index (κ2) is 7.47. The van der Waals surface area contributed by atoms with Crippen LogP contribution in [0.2, 0.25) is 0 Å². The van der Waals surface area contributed by atoms with Crippen molar-refractivity contribution >= 4 is 12.0 Å². The molecule has 0 aromatic heterocycles. The van der Waals surface area contributed by atoms with Crippen LogP contribution in [0.25, 0.3) is 0 Å². The summed E-state index contributed by atoms with van der Waals surface area (Å²) in [6.45, 7) is 5.72. The summed E-state index contributed by atoms with van der Waals surface area (Å²) in [5.74, 6) is -0.508. The van der Waals surface area contributed by atoms with Gasteiger partial charge in [0.2, 0.25) is 0 Å². The molecule has 1 aliphatic carbocycles. The molecule has 1 rings (SSSR count). The Morgan fingerprint density at radius 3 is 2.45 bits per heavy atom. The third-order valence-electron chi connectivity index (χ3n) is 3.61. The zero-order chi connectivity index (χ0) is 15.2. The Kier molecular flexibility index (Phi) is 6.26. The van der Waals surface area contributed by atoms with Crippen molar-refractivity contribution < 1.29 is 19.4 Å². The molecule has 0 aromatic rings. The summed E-state index contributed by atoms with van der Waals surface area (Å²) in [6, 6.07) is -0.184. The summed E-state index contributed by atoms with van der Waals surface area (Å²) in [5, 5.41) is 11.9. The van der Waals surface area contributed by atoms with Gasteiger partial charge in [-0.2, -0.15) is 0 Å². The summed E-state index contributed by atoms with van der Waals surface area (Å²) in [4.78, 5) is 25.0. The maximum absolute atomic E-state index is 12.3. The molecule has 1 fully saturated rings. The van der Waals surface area contributed by atoms with Crippen LogP contribution >= 0.6 is 0 Å². The molecule has 0 unspecified atom stereocenters. The van der Waals surface area contributed by atoms with Gasteiger partial charge in [0.1, 0.15) is 0 Å². The molecule has 0 atom stereocenters. The molecule has 0 saturated heterocycles. The van der Waals surface area contributed by atoms with Crippen LogP contribution in [0.5, 0.6) is 0 Å². The average molecular weight is 286 g/mol.